The predicted octanol–water partition coefficient (Wildman–Crippen LogP) is 3.49. The lowest BCUT2D eigenvalue weighted by atomic mass is 10.1. The van der Waals surface area contributed by atoms with Crippen LogP contribution in [0.1, 0.15) is 18.1 Å². The zero-order valence-electron chi connectivity index (χ0n) is 18.1. The zero-order chi connectivity index (χ0) is 21.3. The van der Waals surface area contributed by atoms with Crippen molar-refractivity contribution in [3.05, 3.63) is 59.7 Å². The fraction of sp³-hybridized carbons (Fsp3) is 0.375. The molecule has 30 heavy (non-hydrogen) atoms. The highest BCUT2D eigenvalue weighted by atomic mass is 16.5. The maximum atomic E-state index is 12.4. The molecule has 0 bridgehead atoms. The Labute approximate surface area is 179 Å². The molecule has 1 aliphatic rings. The van der Waals surface area contributed by atoms with Crippen molar-refractivity contribution in [1.82, 2.24) is 9.80 Å². The number of hydrogen-bond donors (Lipinski definition) is 1. The van der Waals surface area contributed by atoms with Crippen molar-refractivity contribution >= 4 is 17.7 Å². The second-order valence-corrected chi connectivity index (χ2v) is 7.45. The minimum Gasteiger partial charge on any atom is -0.493 e. The van der Waals surface area contributed by atoms with Crippen LogP contribution < -0.4 is 14.8 Å². The van der Waals surface area contributed by atoms with Gasteiger partial charge in [0.1, 0.15) is 0 Å². The van der Waals surface area contributed by atoms with Crippen LogP contribution in [0.2, 0.25) is 0 Å². The smallest absolute Gasteiger partial charge is 0.248 e. The molecule has 0 aromatic heterocycles. The standard InChI is InChI=1S/C24H31N3O3/c1-4-30-22-10-8-19(17-23(22)29-3)9-11-24(28)25-21-7-5-6-20(16-21)18-27-14-12-26(2)13-15-27/h5-11,16-17H,4,12-15,18H2,1-3H3,(H,25,28)/b11-9+. The van der Waals surface area contributed by atoms with Crippen LogP contribution in [0.4, 0.5) is 5.69 Å². The van der Waals surface area contributed by atoms with Crippen molar-refractivity contribution in [1.29, 1.82) is 0 Å². The Bertz CT molecular complexity index is 874. The second-order valence-electron chi connectivity index (χ2n) is 7.45. The zero-order valence-corrected chi connectivity index (χ0v) is 18.1. The molecule has 2 aromatic carbocycles. The highest BCUT2D eigenvalue weighted by molar-refractivity contribution is 6.02. The molecule has 6 heteroatoms. The van der Waals surface area contributed by atoms with Crippen LogP contribution in [0.5, 0.6) is 11.5 Å². The largest absolute Gasteiger partial charge is 0.493 e. The van der Waals surface area contributed by atoms with Crippen molar-refractivity contribution in [3.63, 3.8) is 0 Å². The first-order valence-corrected chi connectivity index (χ1v) is 10.4. The Morgan fingerprint density at radius 1 is 1.10 bits per heavy atom. The Morgan fingerprint density at radius 2 is 1.90 bits per heavy atom. The van der Waals surface area contributed by atoms with Gasteiger partial charge in [-0.2, -0.15) is 0 Å². The quantitative estimate of drug-likeness (QED) is 0.677. The van der Waals surface area contributed by atoms with E-state index in [1.165, 1.54) is 11.6 Å². The van der Waals surface area contributed by atoms with E-state index >= 15 is 0 Å². The lowest BCUT2D eigenvalue weighted by Gasteiger charge is -2.32. The van der Waals surface area contributed by atoms with Gasteiger partial charge < -0.3 is 19.7 Å². The molecule has 0 spiro atoms. The molecule has 0 unspecified atom stereocenters. The van der Waals surface area contributed by atoms with Crippen molar-refractivity contribution in [2.45, 2.75) is 13.5 Å². The summed E-state index contributed by atoms with van der Waals surface area (Å²) >= 11 is 0. The van der Waals surface area contributed by atoms with Gasteiger partial charge >= 0.3 is 0 Å². The minimum absolute atomic E-state index is 0.167. The molecule has 1 aliphatic heterocycles. The lowest BCUT2D eigenvalue weighted by Crippen LogP contribution is -2.43. The molecule has 0 aliphatic carbocycles. The number of methoxy groups -OCH3 is 1. The first-order chi connectivity index (χ1) is 14.6. The van der Waals surface area contributed by atoms with E-state index in [1.807, 2.05) is 43.3 Å². The third kappa shape index (κ3) is 6.34. The van der Waals surface area contributed by atoms with E-state index in [9.17, 15) is 4.79 Å². The summed E-state index contributed by atoms with van der Waals surface area (Å²) < 4.78 is 10.9. The number of nitrogens with one attached hydrogen (secondary N) is 1. The Kier molecular flexibility index (Phi) is 7.88. The topological polar surface area (TPSA) is 54.0 Å². The summed E-state index contributed by atoms with van der Waals surface area (Å²) in [4.78, 5) is 17.2. The Hall–Kier alpha value is -2.83. The van der Waals surface area contributed by atoms with Crippen LogP contribution in [-0.4, -0.2) is 62.7 Å². The maximum Gasteiger partial charge on any atom is 0.248 e. The summed E-state index contributed by atoms with van der Waals surface area (Å²) in [5, 5.41) is 2.95. The third-order valence-electron chi connectivity index (χ3n) is 5.11. The van der Waals surface area contributed by atoms with E-state index in [-0.39, 0.29) is 5.91 Å². The highest BCUT2D eigenvalue weighted by Crippen LogP contribution is 2.28. The molecule has 1 heterocycles. The van der Waals surface area contributed by atoms with E-state index in [2.05, 4.69) is 28.2 Å². The third-order valence-corrected chi connectivity index (χ3v) is 5.11. The van der Waals surface area contributed by atoms with Crippen LogP contribution in [0.3, 0.4) is 0 Å². The number of benzene rings is 2. The maximum absolute atomic E-state index is 12.4. The van der Waals surface area contributed by atoms with E-state index in [4.69, 9.17) is 9.47 Å². The Morgan fingerprint density at radius 3 is 2.63 bits per heavy atom. The van der Waals surface area contributed by atoms with Crippen molar-refractivity contribution < 1.29 is 14.3 Å². The van der Waals surface area contributed by atoms with Gasteiger partial charge in [-0.05, 0) is 55.4 Å². The van der Waals surface area contributed by atoms with Crippen LogP contribution in [0.15, 0.2) is 48.5 Å². The summed E-state index contributed by atoms with van der Waals surface area (Å²) in [7, 11) is 3.76. The average molecular weight is 410 g/mol. The molecule has 160 valence electrons. The van der Waals surface area contributed by atoms with Crippen LogP contribution in [-0.2, 0) is 11.3 Å². The molecular weight excluding hydrogens is 378 g/mol. The predicted molar refractivity (Wildman–Crippen MR) is 121 cm³/mol. The first-order valence-electron chi connectivity index (χ1n) is 10.4. The lowest BCUT2D eigenvalue weighted by molar-refractivity contribution is -0.111. The summed E-state index contributed by atoms with van der Waals surface area (Å²) in [5.74, 6) is 1.18. The van der Waals surface area contributed by atoms with Gasteiger partial charge in [-0.1, -0.05) is 18.2 Å². The van der Waals surface area contributed by atoms with E-state index < -0.39 is 0 Å². The SMILES string of the molecule is CCOc1ccc(/C=C/C(=O)Nc2cccc(CN3CCN(C)CC3)c2)cc1OC. The van der Waals surface area contributed by atoms with E-state index in [0.717, 1.165) is 44.0 Å². The number of carbonyl (C=O) groups excluding carboxylic acids is 1. The van der Waals surface area contributed by atoms with Gasteiger partial charge in [0.25, 0.3) is 0 Å². The fourth-order valence-corrected chi connectivity index (χ4v) is 3.43. The van der Waals surface area contributed by atoms with Gasteiger partial charge in [-0.25, -0.2) is 0 Å². The van der Waals surface area contributed by atoms with Crippen molar-refractivity contribution in [2.24, 2.45) is 0 Å². The van der Waals surface area contributed by atoms with E-state index in [1.54, 1.807) is 13.2 Å². The molecule has 1 N–H and O–H groups in total. The molecule has 1 amide bonds. The van der Waals surface area contributed by atoms with Crippen molar-refractivity contribution in [2.75, 3.05) is 52.3 Å². The van der Waals surface area contributed by atoms with Crippen LogP contribution in [0.25, 0.3) is 6.08 Å². The van der Waals surface area contributed by atoms with Gasteiger partial charge in [0.05, 0.1) is 13.7 Å². The molecule has 0 saturated carbocycles. The molecular formula is C24H31N3O3. The summed E-state index contributed by atoms with van der Waals surface area (Å²) in [5.41, 5.74) is 2.88. The molecule has 6 nitrogen and oxygen atoms in total. The molecule has 1 fully saturated rings. The number of rotatable bonds is 8. The van der Waals surface area contributed by atoms with Gasteiger partial charge in [0, 0.05) is 44.5 Å². The number of anilines is 1. The van der Waals surface area contributed by atoms with E-state index in [0.29, 0.717) is 18.1 Å². The van der Waals surface area contributed by atoms with Crippen LogP contribution in [0, 0.1) is 0 Å². The normalized spacial score (nSPS) is 15.3. The summed E-state index contributed by atoms with van der Waals surface area (Å²) in [6.07, 6.45) is 3.30. The molecule has 0 atom stereocenters. The van der Waals surface area contributed by atoms with Gasteiger partial charge in [-0.3, -0.25) is 9.69 Å². The second kappa shape index (κ2) is 10.8. The number of piperazine rings is 1. The highest BCUT2D eigenvalue weighted by Gasteiger charge is 2.14. The number of hydrogen-bond acceptors (Lipinski definition) is 5. The fourth-order valence-electron chi connectivity index (χ4n) is 3.43. The summed E-state index contributed by atoms with van der Waals surface area (Å²) in [6.45, 7) is 7.73. The number of likely N-dealkylation sites (N-methyl/N-ethyl adjacent to an activating group) is 1. The van der Waals surface area contributed by atoms with Gasteiger partial charge in [0.2, 0.25) is 5.91 Å². The first kappa shape index (κ1) is 21.9. The molecule has 0 radical (unpaired) electrons. The Balaban J connectivity index is 1.58. The average Bonchev–Trinajstić information content (AvgIpc) is 2.75. The van der Waals surface area contributed by atoms with Crippen molar-refractivity contribution in [3.8, 4) is 11.5 Å². The van der Waals surface area contributed by atoms with Crippen LogP contribution >= 0.6 is 0 Å². The number of amides is 1. The molecule has 1 saturated heterocycles. The number of ether oxygens (including phenoxy) is 2. The summed E-state index contributed by atoms with van der Waals surface area (Å²) in [6, 6.07) is 13.7. The van der Waals surface area contributed by atoms with Gasteiger partial charge in [0.15, 0.2) is 11.5 Å². The molecule has 3 rings (SSSR count). The number of nitrogens with zero attached hydrogens (tertiary/aromatic N) is 2. The monoisotopic (exact) mass is 409 g/mol. The molecule has 2 aromatic rings. The number of carbonyl (C=O) groups is 1. The van der Waals surface area contributed by atoms with Gasteiger partial charge in [-0.15, -0.1) is 0 Å². The minimum atomic E-state index is -0.167.